The van der Waals surface area contributed by atoms with Crippen molar-refractivity contribution in [2.75, 3.05) is 0 Å². The largest absolute Gasteiger partial charge is 0.481 e. The summed E-state index contributed by atoms with van der Waals surface area (Å²) >= 11 is 0. The number of rotatable bonds is 2. The van der Waals surface area contributed by atoms with Gasteiger partial charge in [0.1, 0.15) is 0 Å². The number of aliphatic carboxylic acids is 1. The SMILES string of the molecule is O=C(O)C1CCCC2NNC(c3ccc4c(c3)CCCC4)C21. The fourth-order valence-corrected chi connectivity index (χ4v) is 4.69. The van der Waals surface area contributed by atoms with Crippen LogP contribution in [0.3, 0.4) is 0 Å². The molecule has 3 aliphatic rings. The highest BCUT2D eigenvalue weighted by Gasteiger charge is 2.46. The first-order valence-corrected chi connectivity index (χ1v) is 8.59. The molecule has 0 aromatic heterocycles. The molecule has 1 saturated heterocycles. The van der Waals surface area contributed by atoms with Gasteiger partial charge in [-0.2, -0.15) is 0 Å². The normalized spacial score (nSPS) is 34.0. The van der Waals surface area contributed by atoms with Gasteiger partial charge in [0.05, 0.1) is 12.0 Å². The van der Waals surface area contributed by atoms with Crippen molar-refractivity contribution in [2.24, 2.45) is 11.8 Å². The Kier molecular flexibility index (Phi) is 3.66. The molecule has 4 rings (SSSR count). The smallest absolute Gasteiger partial charge is 0.306 e. The number of hydrazine groups is 1. The van der Waals surface area contributed by atoms with Crippen LogP contribution in [0.5, 0.6) is 0 Å². The Balaban J connectivity index is 1.65. The average molecular weight is 300 g/mol. The number of aryl methyl sites for hydroxylation is 2. The summed E-state index contributed by atoms with van der Waals surface area (Å²) in [6, 6.07) is 7.20. The summed E-state index contributed by atoms with van der Waals surface area (Å²) in [6.45, 7) is 0. The van der Waals surface area contributed by atoms with Crippen LogP contribution in [0.2, 0.25) is 0 Å². The molecule has 1 aromatic rings. The van der Waals surface area contributed by atoms with Gasteiger partial charge in [-0.25, -0.2) is 5.43 Å². The van der Waals surface area contributed by atoms with Crippen molar-refractivity contribution in [1.29, 1.82) is 0 Å². The van der Waals surface area contributed by atoms with E-state index in [1.807, 2.05) is 0 Å². The number of hydrogen-bond donors (Lipinski definition) is 3. The highest BCUT2D eigenvalue weighted by atomic mass is 16.4. The minimum atomic E-state index is -0.636. The van der Waals surface area contributed by atoms with Crippen LogP contribution in [-0.4, -0.2) is 17.1 Å². The third-order valence-corrected chi connectivity index (χ3v) is 5.82. The average Bonchev–Trinajstić information content (AvgIpc) is 2.98. The zero-order chi connectivity index (χ0) is 15.1. The molecule has 0 radical (unpaired) electrons. The molecule has 22 heavy (non-hydrogen) atoms. The van der Waals surface area contributed by atoms with Crippen molar-refractivity contribution < 1.29 is 9.90 Å². The second-order valence-corrected chi connectivity index (χ2v) is 7.06. The molecular weight excluding hydrogens is 276 g/mol. The van der Waals surface area contributed by atoms with E-state index in [2.05, 4.69) is 29.1 Å². The molecule has 0 bridgehead atoms. The van der Waals surface area contributed by atoms with Crippen LogP contribution in [0.4, 0.5) is 0 Å². The molecule has 1 saturated carbocycles. The quantitative estimate of drug-likeness (QED) is 0.785. The first kappa shape index (κ1) is 14.2. The lowest BCUT2D eigenvalue weighted by molar-refractivity contribution is -0.145. The lowest BCUT2D eigenvalue weighted by Crippen LogP contribution is -2.39. The minimum Gasteiger partial charge on any atom is -0.481 e. The number of nitrogens with one attached hydrogen (secondary N) is 2. The summed E-state index contributed by atoms with van der Waals surface area (Å²) in [5.41, 5.74) is 11.0. The molecule has 4 heteroatoms. The van der Waals surface area contributed by atoms with Crippen LogP contribution < -0.4 is 10.9 Å². The highest BCUT2D eigenvalue weighted by Crippen LogP contribution is 2.42. The lowest BCUT2D eigenvalue weighted by Gasteiger charge is -2.33. The molecule has 1 aromatic carbocycles. The van der Waals surface area contributed by atoms with E-state index in [1.165, 1.54) is 42.4 Å². The first-order chi connectivity index (χ1) is 10.7. The number of benzene rings is 1. The van der Waals surface area contributed by atoms with E-state index in [0.29, 0.717) is 0 Å². The maximum absolute atomic E-state index is 11.7. The monoisotopic (exact) mass is 300 g/mol. The van der Waals surface area contributed by atoms with E-state index in [9.17, 15) is 9.90 Å². The van der Waals surface area contributed by atoms with Crippen LogP contribution >= 0.6 is 0 Å². The summed E-state index contributed by atoms with van der Waals surface area (Å²) in [5, 5.41) is 9.59. The minimum absolute atomic E-state index is 0.124. The van der Waals surface area contributed by atoms with Gasteiger partial charge in [0.15, 0.2) is 0 Å². The fourth-order valence-electron chi connectivity index (χ4n) is 4.69. The van der Waals surface area contributed by atoms with E-state index >= 15 is 0 Å². The van der Waals surface area contributed by atoms with Crippen molar-refractivity contribution in [1.82, 2.24) is 10.9 Å². The molecule has 1 heterocycles. The molecule has 2 fully saturated rings. The van der Waals surface area contributed by atoms with Crippen LogP contribution in [0.1, 0.15) is 54.8 Å². The zero-order valence-corrected chi connectivity index (χ0v) is 12.8. The fraction of sp³-hybridized carbons (Fsp3) is 0.611. The predicted molar refractivity (Wildman–Crippen MR) is 84.4 cm³/mol. The van der Waals surface area contributed by atoms with Gasteiger partial charge in [0.2, 0.25) is 0 Å². The summed E-state index contributed by atoms with van der Waals surface area (Å²) < 4.78 is 0. The molecule has 0 spiro atoms. The third-order valence-electron chi connectivity index (χ3n) is 5.82. The Hall–Kier alpha value is -1.39. The molecule has 1 aliphatic heterocycles. The Morgan fingerprint density at radius 3 is 2.68 bits per heavy atom. The maximum atomic E-state index is 11.7. The van der Waals surface area contributed by atoms with E-state index in [-0.39, 0.29) is 23.9 Å². The zero-order valence-electron chi connectivity index (χ0n) is 12.8. The van der Waals surface area contributed by atoms with Gasteiger partial charge < -0.3 is 5.11 Å². The van der Waals surface area contributed by atoms with E-state index in [4.69, 9.17) is 0 Å². The number of carboxylic acid groups (broad SMARTS) is 1. The second-order valence-electron chi connectivity index (χ2n) is 7.06. The topological polar surface area (TPSA) is 61.4 Å². The van der Waals surface area contributed by atoms with Crippen molar-refractivity contribution in [3.63, 3.8) is 0 Å². The Morgan fingerprint density at radius 1 is 1.05 bits per heavy atom. The standard InChI is InChI=1S/C18H24N2O2/c21-18(22)14-6-3-7-15-16(14)17(20-19-15)13-9-8-11-4-1-2-5-12(11)10-13/h8-10,14-17,19-20H,1-7H2,(H,21,22). The lowest BCUT2D eigenvalue weighted by atomic mass is 9.71. The Labute approximate surface area is 131 Å². The second kappa shape index (κ2) is 5.67. The van der Waals surface area contributed by atoms with Gasteiger partial charge in [0.25, 0.3) is 0 Å². The van der Waals surface area contributed by atoms with Gasteiger partial charge in [-0.05, 0) is 55.2 Å². The molecule has 4 atom stereocenters. The van der Waals surface area contributed by atoms with Crippen molar-refractivity contribution in [3.8, 4) is 0 Å². The predicted octanol–water partition coefficient (Wildman–Crippen LogP) is 2.58. The van der Waals surface area contributed by atoms with Crippen molar-refractivity contribution in [2.45, 2.75) is 57.0 Å². The first-order valence-electron chi connectivity index (χ1n) is 8.59. The molecule has 3 N–H and O–H groups in total. The number of carboxylic acids is 1. The molecular formula is C18H24N2O2. The highest BCUT2D eigenvalue weighted by molar-refractivity contribution is 5.71. The van der Waals surface area contributed by atoms with E-state index in [1.54, 1.807) is 0 Å². The summed E-state index contributed by atoms with van der Waals surface area (Å²) in [7, 11) is 0. The Morgan fingerprint density at radius 2 is 1.86 bits per heavy atom. The molecule has 4 nitrogen and oxygen atoms in total. The number of carbonyl (C=O) groups is 1. The van der Waals surface area contributed by atoms with Gasteiger partial charge in [-0.3, -0.25) is 10.2 Å². The van der Waals surface area contributed by atoms with Crippen LogP contribution in [0.25, 0.3) is 0 Å². The van der Waals surface area contributed by atoms with Gasteiger partial charge in [-0.15, -0.1) is 0 Å². The summed E-state index contributed by atoms with van der Waals surface area (Å²) in [5.74, 6) is -0.710. The molecule has 2 aliphatic carbocycles. The van der Waals surface area contributed by atoms with Crippen molar-refractivity contribution >= 4 is 5.97 Å². The van der Waals surface area contributed by atoms with Crippen LogP contribution in [-0.2, 0) is 17.6 Å². The van der Waals surface area contributed by atoms with E-state index in [0.717, 1.165) is 19.3 Å². The summed E-state index contributed by atoms with van der Waals surface area (Å²) in [4.78, 5) is 11.7. The van der Waals surface area contributed by atoms with Gasteiger partial charge >= 0.3 is 5.97 Å². The molecule has 118 valence electrons. The maximum Gasteiger partial charge on any atom is 0.306 e. The number of hydrogen-bond acceptors (Lipinski definition) is 3. The van der Waals surface area contributed by atoms with Gasteiger partial charge in [-0.1, -0.05) is 24.6 Å². The molecule has 4 unspecified atom stereocenters. The third kappa shape index (κ3) is 2.34. The van der Waals surface area contributed by atoms with Gasteiger partial charge in [0, 0.05) is 12.0 Å². The summed E-state index contributed by atoms with van der Waals surface area (Å²) in [6.07, 6.45) is 7.81. The van der Waals surface area contributed by atoms with E-state index < -0.39 is 5.97 Å². The molecule has 0 amide bonds. The van der Waals surface area contributed by atoms with Crippen LogP contribution in [0, 0.1) is 11.8 Å². The number of fused-ring (bicyclic) bond motifs is 2. The van der Waals surface area contributed by atoms with Crippen LogP contribution in [0.15, 0.2) is 18.2 Å². The van der Waals surface area contributed by atoms with Crippen molar-refractivity contribution in [3.05, 3.63) is 34.9 Å². The Bertz CT molecular complexity index is 586.